The van der Waals surface area contributed by atoms with E-state index in [9.17, 15) is 14.0 Å². The molecule has 2 amide bonds. The van der Waals surface area contributed by atoms with Crippen LogP contribution in [-0.2, 0) is 9.59 Å². The average Bonchev–Trinajstić information content (AvgIpc) is 3.40. The van der Waals surface area contributed by atoms with Crippen LogP contribution in [0.25, 0.3) is 0 Å². The molecule has 2 saturated heterocycles. The molecule has 146 valence electrons. The molecule has 0 radical (unpaired) electrons. The zero-order valence-corrected chi connectivity index (χ0v) is 15.5. The molecule has 2 atom stereocenters. The lowest BCUT2D eigenvalue weighted by atomic mass is 9.93. The average molecular weight is 374 g/mol. The summed E-state index contributed by atoms with van der Waals surface area (Å²) in [5.41, 5.74) is 7.10. The largest absolute Gasteiger partial charge is 0.339 e. The fraction of sp³-hybridized carbons (Fsp3) is 0.600. The van der Waals surface area contributed by atoms with Crippen molar-refractivity contribution in [2.24, 2.45) is 11.8 Å². The molecule has 27 heavy (non-hydrogen) atoms. The SMILES string of the molecule is O=C(C1CCCC1)N1CCN(C(=O)C2CNNC2c2ccc(F)cc2)CC1. The Morgan fingerprint density at radius 3 is 2.15 bits per heavy atom. The highest BCUT2D eigenvalue weighted by atomic mass is 19.1. The molecule has 6 nitrogen and oxygen atoms in total. The van der Waals surface area contributed by atoms with Crippen molar-refractivity contribution >= 4 is 11.8 Å². The van der Waals surface area contributed by atoms with Gasteiger partial charge in [-0.15, -0.1) is 0 Å². The van der Waals surface area contributed by atoms with Gasteiger partial charge in [-0.25, -0.2) is 9.82 Å². The lowest BCUT2D eigenvalue weighted by molar-refractivity contribution is -0.144. The molecule has 0 spiro atoms. The molecular formula is C20H27FN4O2. The number of carbonyl (C=O) groups excluding carboxylic acids is 2. The monoisotopic (exact) mass is 374 g/mol. The van der Waals surface area contributed by atoms with E-state index in [1.54, 1.807) is 12.1 Å². The van der Waals surface area contributed by atoms with Crippen LogP contribution in [0.2, 0.25) is 0 Å². The number of nitrogens with one attached hydrogen (secondary N) is 2. The van der Waals surface area contributed by atoms with E-state index in [1.807, 2.05) is 9.80 Å². The second-order valence-corrected chi connectivity index (χ2v) is 7.79. The van der Waals surface area contributed by atoms with Crippen molar-refractivity contribution < 1.29 is 14.0 Å². The second kappa shape index (κ2) is 7.94. The Morgan fingerprint density at radius 1 is 0.926 bits per heavy atom. The lowest BCUT2D eigenvalue weighted by Gasteiger charge is -2.37. The molecule has 2 aliphatic heterocycles. The van der Waals surface area contributed by atoms with Gasteiger partial charge in [-0.05, 0) is 30.5 Å². The van der Waals surface area contributed by atoms with Crippen molar-refractivity contribution in [3.63, 3.8) is 0 Å². The van der Waals surface area contributed by atoms with Crippen LogP contribution in [0.15, 0.2) is 24.3 Å². The van der Waals surface area contributed by atoms with Gasteiger partial charge in [0.05, 0.1) is 12.0 Å². The Morgan fingerprint density at radius 2 is 1.52 bits per heavy atom. The molecule has 3 aliphatic rings. The predicted molar refractivity (Wildman–Crippen MR) is 98.9 cm³/mol. The summed E-state index contributed by atoms with van der Waals surface area (Å²) in [4.78, 5) is 29.4. The first-order chi connectivity index (χ1) is 13.1. The summed E-state index contributed by atoms with van der Waals surface area (Å²) in [6, 6.07) is 6.11. The summed E-state index contributed by atoms with van der Waals surface area (Å²) < 4.78 is 13.2. The van der Waals surface area contributed by atoms with Gasteiger partial charge in [-0.1, -0.05) is 25.0 Å². The van der Waals surface area contributed by atoms with Crippen LogP contribution in [0.5, 0.6) is 0 Å². The number of nitrogens with zero attached hydrogens (tertiary/aromatic N) is 2. The zero-order chi connectivity index (χ0) is 18.8. The molecular weight excluding hydrogens is 347 g/mol. The molecule has 1 aromatic rings. The number of piperazine rings is 1. The van der Waals surface area contributed by atoms with E-state index in [0.717, 1.165) is 31.2 Å². The van der Waals surface area contributed by atoms with Gasteiger partial charge in [-0.2, -0.15) is 0 Å². The predicted octanol–water partition coefficient (Wildman–Crippen LogP) is 1.45. The molecule has 0 bridgehead atoms. The van der Waals surface area contributed by atoms with Crippen LogP contribution in [-0.4, -0.2) is 54.3 Å². The minimum absolute atomic E-state index is 0.0924. The number of hydrogen-bond donors (Lipinski definition) is 2. The first-order valence-electron chi connectivity index (χ1n) is 9.95. The van der Waals surface area contributed by atoms with Crippen LogP contribution in [0, 0.1) is 17.7 Å². The van der Waals surface area contributed by atoms with Gasteiger partial charge in [0.1, 0.15) is 5.82 Å². The summed E-state index contributed by atoms with van der Waals surface area (Å²) in [7, 11) is 0. The summed E-state index contributed by atoms with van der Waals surface area (Å²) >= 11 is 0. The maximum atomic E-state index is 13.2. The standard InChI is InChI=1S/C20H27FN4O2/c21-16-7-5-14(6-8-16)18-17(13-22-23-18)20(27)25-11-9-24(10-12-25)19(26)15-3-1-2-4-15/h5-8,15,17-18,22-23H,1-4,9-13H2. The number of hydrogen-bond acceptors (Lipinski definition) is 4. The number of hydrazine groups is 1. The highest BCUT2D eigenvalue weighted by Gasteiger charge is 2.38. The van der Waals surface area contributed by atoms with E-state index in [1.165, 1.54) is 12.1 Å². The van der Waals surface area contributed by atoms with E-state index in [-0.39, 0.29) is 35.5 Å². The molecule has 4 rings (SSSR count). The summed E-state index contributed by atoms with van der Waals surface area (Å²) in [5.74, 6) is 0.0456. The Labute approximate surface area is 159 Å². The Balaban J connectivity index is 1.35. The van der Waals surface area contributed by atoms with E-state index in [4.69, 9.17) is 0 Å². The normalized spacial score (nSPS) is 26.6. The fourth-order valence-corrected chi connectivity index (χ4v) is 4.53. The number of carbonyl (C=O) groups is 2. The van der Waals surface area contributed by atoms with Gasteiger partial charge in [0.15, 0.2) is 0 Å². The van der Waals surface area contributed by atoms with Gasteiger partial charge in [0, 0.05) is 38.6 Å². The Kier molecular flexibility index (Phi) is 5.41. The van der Waals surface area contributed by atoms with Crippen molar-refractivity contribution in [1.29, 1.82) is 0 Å². The quantitative estimate of drug-likeness (QED) is 0.841. The molecule has 2 heterocycles. The molecule has 1 aliphatic carbocycles. The first kappa shape index (κ1) is 18.4. The van der Waals surface area contributed by atoms with Crippen molar-refractivity contribution in [1.82, 2.24) is 20.7 Å². The van der Waals surface area contributed by atoms with Crippen LogP contribution in [0.1, 0.15) is 37.3 Å². The van der Waals surface area contributed by atoms with E-state index < -0.39 is 0 Å². The molecule has 1 aromatic carbocycles. The first-order valence-corrected chi connectivity index (χ1v) is 9.95. The smallest absolute Gasteiger partial charge is 0.229 e. The van der Waals surface area contributed by atoms with Crippen molar-refractivity contribution in [2.45, 2.75) is 31.7 Å². The third-order valence-corrected chi connectivity index (χ3v) is 6.14. The van der Waals surface area contributed by atoms with Crippen molar-refractivity contribution in [2.75, 3.05) is 32.7 Å². The van der Waals surface area contributed by atoms with Crippen LogP contribution in [0.4, 0.5) is 4.39 Å². The summed E-state index contributed by atoms with van der Waals surface area (Å²) in [6.07, 6.45) is 4.33. The maximum Gasteiger partial charge on any atom is 0.229 e. The highest BCUT2D eigenvalue weighted by molar-refractivity contribution is 5.82. The number of halogens is 1. The molecule has 1 saturated carbocycles. The number of rotatable bonds is 3. The van der Waals surface area contributed by atoms with Gasteiger partial charge >= 0.3 is 0 Å². The maximum absolute atomic E-state index is 13.2. The Hall–Kier alpha value is -1.99. The number of amides is 2. The third kappa shape index (κ3) is 3.84. The van der Waals surface area contributed by atoms with E-state index in [0.29, 0.717) is 32.7 Å². The van der Waals surface area contributed by atoms with Gasteiger partial charge < -0.3 is 9.80 Å². The topological polar surface area (TPSA) is 64.7 Å². The molecule has 2 N–H and O–H groups in total. The minimum Gasteiger partial charge on any atom is -0.339 e. The van der Waals surface area contributed by atoms with E-state index in [2.05, 4.69) is 10.9 Å². The zero-order valence-electron chi connectivity index (χ0n) is 15.5. The fourth-order valence-electron chi connectivity index (χ4n) is 4.53. The van der Waals surface area contributed by atoms with Crippen LogP contribution >= 0.6 is 0 Å². The number of benzene rings is 1. The highest BCUT2D eigenvalue weighted by Crippen LogP contribution is 2.29. The minimum atomic E-state index is -0.282. The van der Waals surface area contributed by atoms with Crippen LogP contribution in [0.3, 0.4) is 0 Å². The molecule has 2 unspecified atom stereocenters. The summed E-state index contributed by atoms with van der Waals surface area (Å²) in [5, 5.41) is 0. The van der Waals surface area contributed by atoms with Gasteiger partial charge in [0.25, 0.3) is 0 Å². The lowest BCUT2D eigenvalue weighted by Crippen LogP contribution is -2.53. The third-order valence-electron chi connectivity index (χ3n) is 6.14. The van der Waals surface area contributed by atoms with Crippen molar-refractivity contribution in [3.05, 3.63) is 35.6 Å². The Bertz CT molecular complexity index is 682. The van der Waals surface area contributed by atoms with Crippen molar-refractivity contribution in [3.8, 4) is 0 Å². The molecule has 7 heteroatoms. The van der Waals surface area contributed by atoms with Gasteiger partial charge in [-0.3, -0.25) is 15.0 Å². The van der Waals surface area contributed by atoms with Crippen LogP contribution < -0.4 is 10.9 Å². The molecule has 0 aromatic heterocycles. The van der Waals surface area contributed by atoms with E-state index >= 15 is 0 Å². The molecule has 3 fully saturated rings. The summed E-state index contributed by atoms with van der Waals surface area (Å²) in [6.45, 7) is 2.96. The second-order valence-electron chi connectivity index (χ2n) is 7.79. The van der Waals surface area contributed by atoms with Gasteiger partial charge in [0.2, 0.25) is 11.8 Å².